The van der Waals surface area contributed by atoms with E-state index in [4.69, 9.17) is 10.0 Å². The van der Waals surface area contributed by atoms with Crippen LogP contribution < -0.4 is 5.46 Å². The third kappa shape index (κ3) is 10.1. The van der Waals surface area contributed by atoms with Gasteiger partial charge in [-0.05, 0) is 87.4 Å². The molecule has 8 aromatic rings. The molecule has 0 amide bonds. The predicted molar refractivity (Wildman–Crippen MR) is 220 cm³/mol. The Kier molecular flexibility index (Phi) is 12.7. The van der Waals surface area contributed by atoms with Gasteiger partial charge in [-0.15, -0.1) is 0 Å². The lowest BCUT2D eigenvalue weighted by atomic mass is 9.79. The lowest BCUT2D eigenvalue weighted by Crippen LogP contribution is -2.29. The molecule has 0 spiro atoms. The van der Waals surface area contributed by atoms with Crippen LogP contribution in [0.25, 0.3) is 55.9 Å². The number of rotatable bonds is 6. The average molecular weight is 740 g/mol. The van der Waals surface area contributed by atoms with Gasteiger partial charge in [0.2, 0.25) is 0 Å². The van der Waals surface area contributed by atoms with Crippen molar-refractivity contribution in [2.75, 3.05) is 0 Å². The van der Waals surface area contributed by atoms with Gasteiger partial charge < -0.3 is 10.0 Å². The van der Waals surface area contributed by atoms with Gasteiger partial charge in [0.25, 0.3) is 0 Å². The largest absolute Gasteiger partial charge is 0.488 e. The van der Waals surface area contributed by atoms with E-state index in [0.717, 1.165) is 38.1 Å². The number of nitrogens with zero attached hydrogens (tertiary/aromatic N) is 2. The van der Waals surface area contributed by atoms with Crippen LogP contribution in [0.1, 0.15) is 0 Å². The highest BCUT2D eigenvalue weighted by molar-refractivity contribution is 9.10. The van der Waals surface area contributed by atoms with Gasteiger partial charge in [0, 0.05) is 28.0 Å². The van der Waals surface area contributed by atoms with Crippen molar-refractivity contribution in [2.24, 2.45) is 0 Å². The van der Waals surface area contributed by atoms with Crippen LogP contribution in [0.15, 0.2) is 211 Å². The summed E-state index contributed by atoms with van der Waals surface area (Å²) in [6, 6.07) is 64.8. The first-order chi connectivity index (χ1) is 25.5. The van der Waals surface area contributed by atoms with E-state index in [9.17, 15) is 0 Å². The minimum atomic E-state index is -1.41. The third-order valence-electron chi connectivity index (χ3n) is 8.20. The molecular formula is C46H36BBrN2O2. The Bertz CT molecular complexity index is 2210. The number of halogens is 1. The highest BCUT2D eigenvalue weighted by Gasteiger charge is 2.11. The van der Waals surface area contributed by atoms with Crippen LogP contribution in [0.2, 0.25) is 0 Å². The molecule has 0 fully saturated rings. The van der Waals surface area contributed by atoms with Crippen molar-refractivity contribution in [3.63, 3.8) is 0 Å². The van der Waals surface area contributed by atoms with Crippen LogP contribution >= 0.6 is 15.9 Å². The second-order valence-corrected chi connectivity index (χ2v) is 12.7. The van der Waals surface area contributed by atoms with Gasteiger partial charge in [0.1, 0.15) is 0 Å². The Morgan fingerprint density at radius 2 is 0.731 bits per heavy atom. The van der Waals surface area contributed by atoms with Crippen molar-refractivity contribution in [2.45, 2.75) is 0 Å². The Morgan fingerprint density at radius 1 is 0.346 bits per heavy atom. The fraction of sp³-hybridized carbons (Fsp3) is 0. The zero-order valence-corrected chi connectivity index (χ0v) is 30.0. The highest BCUT2D eigenvalue weighted by atomic mass is 79.9. The SMILES string of the molecule is Brc1cccc(-c2ccccn2)c1.OB(O)c1cccc(-c2ccccc2)c1.c1ccc(-c2cccc(-c3cccc(-c4ccccn4)c3)c2)cc1. The van der Waals surface area contributed by atoms with Gasteiger partial charge in [-0.1, -0.05) is 162 Å². The van der Waals surface area contributed by atoms with E-state index in [2.05, 4.69) is 105 Å². The van der Waals surface area contributed by atoms with Crippen LogP contribution in [0, 0.1) is 0 Å². The van der Waals surface area contributed by atoms with E-state index in [-0.39, 0.29) is 0 Å². The molecule has 0 bridgehead atoms. The van der Waals surface area contributed by atoms with Crippen molar-refractivity contribution in [1.82, 2.24) is 9.97 Å². The summed E-state index contributed by atoms with van der Waals surface area (Å²) < 4.78 is 1.08. The molecule has 0 unspecified atom stereocenters. The number of aromatic nitrogens is 2. The normalized spacial score (nSPS) is 10.2. The van der Waals surface area contributed by atoms with Gasteiger partial charge in [-0.2, -0.15) is 0 Å². The summed E-state index contributed by atoms with van der Waals surface area (Å²) in [4.78, 5) is 8.72. The lowest BCUT2D eigenvalue weighted by molar-refractivity contribution is 0.426. The van der Waals surface area contributed by atoms with E-state index in [1.807, 2.05) is 109 Å². The molecule has 0 aliphatic heterocycles. The molecule has 8 rings (SSSR count). The summed E-state index contributed by atoms with van der Waals surface area (Å²) in [6.07, 6.45) is 3.63. The maximum absolute atomic E-state index is 9.05. The van der Waals surface area contributed by atoms with Gasteiger partial charge in [0.05, 0.1) is 11.4 Å². The Labute approximate surface area is 314 Å². The first kappa shape index (κ1) is 35.9. The van der Waals surface area contributed by atoms with Crippen molar-refractivity contribution in [1.29, 1.82) is 0 Å². The molecule has 0 saturated heterocycles. The Morgan fingerprint density at radius 3 is 1.21 bits per heavy atom. The molecule has 0 aliphatic rings. The molecule has 4 nitrogen and oxygen atoms in total. The minimum Gasteiger partial charge on any atom is -0.423 e. The maximum Gasteiger partial charge on any atom is 0.488 e. The molecule has 0 saturated carbocycles. The second-order valence-electron chi connectivity index (χ2n) is 11.8. The van der Waals surface area contributed by atoms with Crippen molar-refractivity contribution < 1.29 is 10.0 Å². The quantitative estimate of drug-likeness (QED) is 0.167. The van der Waals surface area contributed by atoms with Crippen LogP contribution in [0.5, 0.6) is 0 Å². The summed E-state index contributed by atoms with van der Waals surface area (Å²) in [5.74, 6) is 0. The van der Waals surface area contributed by atoms with Crippen molar-refractivity contribution in [3.05, 3.63) is 211 Å². The van der Waals surface area contributed by atoms with Gasteiger partial charge in [0.15, 0.2) is 0 Å². The molecule has 2 N–H and O–H groups in total. The first-order valence-corrected chi connectivity index (χ1v) is 17.7. The maximum atomic E-state index is 9.05. The van der Waals surface area contributed by atoms with Gasteiger partial charge in [-0.3, -0.25) is 9.97 Å². The Balaban J connectivity index is 0.000000143. The monoisotopic (exact) mass is 738 g/mol. The predicted octanol–water partition coefficient (Wildman–Crippen LogP) is 10.6. The van der Waals surface area contributed by atoms with Gasteiger partial charge >= 0.3 is 7.12 Å². The smallest absolute Gasteiger partial charge is 0.423 e. The second kappa shape index (κ2) is 18.4. The fourth-order valence-electron chi connectivity index (χ4n) is 5.59. The molecule has 252 valence electrons. The summed E-state index contributed by atoms with van der Waals surface area (Å²) in [7, 11) is -1.41. The van der Waals surface area contributed by atoms with Crippen LogP contribution in [-0.2, 0) is 0 Å². The zero-order chi connectivity index (χ0) is 36.0. The topological polar surface area (TPSA) is 66.2 Å². The standard InChI is InChI=1S/C23H17N.C12H11BO2.C11H8BrN/c1-2-8-18(9-3-1)19-10-6-11-20(16-19)21-12-7-13-22(17-21)23-14-4-5-15-24-23;14-13(15)12-8-4-7-11(9-12)10-5-2-1-3-6-10;12-10-5-3-4-9(8-10)11-6-1-2-7-13-11/h1-17H;1-9,14-15H;1-8H. The molecular weight excluding hydrogens is 703 g/mol. The Hall–Kier alpha value is -5.92. The summed E-state index contributed by atoms with van der Waals surface area (Å²) >= 11 is 3.43. The zero-order valence-electron chi connectivity index (χ0n) is 28.4. The molecule has 0 radical (unpaired) electrons. The highest BCUT2D eigenvalue weighted by Crippen LogP contribution is 2.29. The average Bonchev–Trinajstić information content (AvgIpc) is 3.23. The number of hydrogen-bond acceptors (Lipinski definition) is 4. The van der Waals surface area contributed by atoms with Crippen LogP contribution in [0.3, 0.4) is 0 Å². The third-order valence-corrected chi connectivity index (χ3v) is 8.70. The number of pyridine rings is 2. The minimum absolute atomic E-state index is 0.511. The molecule has 6 heteroatoms. The van der Waals surface area contributed by atoms with Crippen LogP contribution in [-0.4, -0.2) is 27.1 Å². The molecule has 2 heterocycles. The van der Waals surface area contributed by atoms with E-state index >= 15 is 0 Å². The number of hydrogen-bond donors (Lipinski definition) is 2. The molecule has 6 aromatic carbocycles. The molecule has 0 atom stereocenters. The molecule has 52 heavy (non-hydrogen) atoms. The molecule has 2 aromatic heterocycles. The van der Waals surface area contributed by atoms with E-state index in [1.54, 1.807) is 18.3 Å². The first-order valence-electron chi connectivity index (χ1n) is 16.9. The van der Waals surface area contributed by atoms with E-state index < -0.39 is 7.12 Å². The summed E-state index contributed by atoms with van der Waals surface area (Å²) in [6.45, 7) is 0. The van der Waals surface area contributed by atoms with E-state index in [1.165, 1.54) is 22.3 Å². The van der Waals surface area contributed by atoms with Gasteiger partial charge in [-0.25, -0.2) is 0 Å². The fourth-order valence-corrected chi connectivity index (χ4v) is 5.99. The van der Waals surface area contributed by atoms with Crippen LogP contribution in [0.4, 0.5) is 0 Å². The number of benzene rings is 6. The van der Waals surface area contributed by atoms with E-state index in [0.29, 0.717) is 5.46 Å². The molecule has 0 aliphatic carbocycles. The lowest BCUT2D eigenvalue weighted by Gasteiger charge is -2.08. The summed E-state index contributed by atoms with van der Waals surface area (Å²) in [5.41, 5.74) is 11.7. The van der Waals surface area contributed by atoms with Crippen molar-refractivity contribution in [3.8, 4) is 55.9 Å². The summed E-state index contributed by atoms with van der Waals surface area (Å²) in [5, 5.41) is 18.1. The van der Waals surface area contributed by atoms with Crippen molar-refractivity contribution >= 4 is 28.5 Å².